The molecule has 2 amide bonds. The summed E-state index contributed by atoms with van der Waals surface area (Å²) in [5.74, 6) is -0.154. The Kier molecular flexibility index (Phi) is 6.92. The zero-order valence-corrected chi connectivity index (χ0v) is 20.0. The number of benzene rings is 2. The van der Waals surface area contributed by atoms with Crippen LogP contribution in [0, 0.1) is 0 Å². The average molecular weight is 475 g/mol. The standard InChI is InChI=1S/C27H30N4O2S/c32-26(24-8-4-14-31(24)27(33)25-9-5-19-34-25)28-22-10-12-23(13-11-22)30-17-15-29(16-18-30)20-21-6-2-1-3-7-21/h1-3,5-7,9-13,19,24H,4,8,14-18,20H2,(H,28,32). The maximum atomic E-state index is 13.0. The van der Waals surface area contributed by atoms with Gasteiger partial charge in [-0.15, -0.1) is 11.3 Å². The summed E-state index contributed by atoms with van der Waals surface area (Å²) in [5, 5.41) is 4.91. The highest BCUT2D eigenvalue weighted by Gasteiger charge is 2.35. The Morgan fingerprint density at radius 2 is 1.65 bits per heavy atom. The van der Waals surface area contributed by atoms with Crippen LogP contribution in [0.3, 0.4) is 0 Å². The number of nitrogens with zero attached hydrogens (tertiary/aromatic N) is 3. The first-order valence-electron chi connectivity index (χ1n) is 11.9. The van der Waals surface area contributed by atoms with Gasteiger partial charge in [-0.1, -0.05) is 36.4 Å². The molecule has 0 bridgehead atoms. The smallest absolute Gasteiger partial charge is 0.264 e. The number of amides is 2. The number of likely N-dealkylation sites (tertiary alicyclic amines) is 1. The van der Waals surface area contributed by atoms with E-state index in [0.717, 1.165) is 44.8 Å². The Labute approximate surface area is 204 Å². The Morgan fingerprint density at radius 1 is 0.882 bits per heavy atom. The predicted molar refractivity (Wildman–Crippen MR) is 137 cm³/mol. The molecule has 1 N–H and O–H groups in total. The minimum Gasteiger partial charge on any atom is -0.369 e. The predicted octanol–water partition coefficient (Wildman–Crippen LogP) is 4.31. The van der Waals surface area contributed by atoms with Gasteiger partial charge in [0.15, 0.2) is 0 Å². The minimum absolute atomic E-state index is 0.0468. The molecule has 5 rings (SSSR count). The van der Waals surface area contributed by atoms with E-state index in [1.165, 1.54) is 22.6 Å². The van der Waals surface area contributed by atoms with Gasteiger partial charge in [0.2, 0.25) is 5.91 Å². The van der Waals surface area contributed by atoms with E-state index in [1.54, 1.807) is 4.90 Å². The third-order valence-corrected chi connectivity index (χ3v) is 7.53. The minimum atomic E-state index is -0.410. The maximum absolute atomic E-state index is 13.0. The molecular formula is C27H30N4O2S. The molecule has 1 atom stereocenters. The van der Waals surface area contributed by atoms with Crippen molar-refractivity contribution in [3.05, 3.63) is 82.6 Å². The fourth-order valence-electron chi connectivity index (χ4n) is 4.81. The van der Waals surface area contributed by atoms with Gasteiger partial charge in [-0.2, -0.15) is 0 Å². The molecule has 3 aromatic rings. The Morgan fingerprint density at radius 3 is 2.35 bits per heavy atom. The van der Waals surface area contributed by atoms with E-state index < -0.39 is 6.04 Å². The number of hydrogen-bond donors (Lipinski definition) is 1. The van der Waals surface area contributed by atoms with Crippen molar-refractivity contribution in [2.24, 2.45) is 0 Å². The van der Waals surface area contributed by atoms with Crippen LogP contribution in [0.25, 0.3) is 0 Å². The number of carbonyl (C=O) groups is 2. The summed E-state index contributed by atoms with van der Waals surface area (Å²) in [6.45, 7) is 5.66. The topological polar surface area (TPSA) is 55.9 Å². The van der Waals surface area contributed by atoms with Crippen LogP contribution in [0.15, 0.2) is 72.1 Å². The highest BCUT2D eigenvalue weighted by molar-refractivity contribution is 7.12. The van der Waals surface area contributed by atoms with Crippen LogP contribution in [0.1, 0.15) is 28.1 Å². The van der Waals surface area contributed by atoms with Crippen molar-refractivity contribution in [2.45, 2.75) is 25.4 Å². The Hall–Kier alpha value is -3.16. The van der Waals surface area contributed by atoms with Gasteiger partial charge in [0.25, 0.3) is 5.91 Å². The zero-order chi connectivity index (χ0) is 23.3. The van der Waals surface area contributed by atoms with Crippen molar-refractivity contribution < 1.29 is 9.59 Å². The van der Waals surface area contributed by atoms with Crippen LogP contribution in [0.4, 0.5) is 11.4 Å². The second-order valence-corrected chi connectivity index (χ2v) is 9.87. The van der Waals surface area contributed by atoms with Crippen LogP contribution < -0.4 is 10.2 Å². The van der Waals surface area contributed by atoms with E-state index in [9.17, 15) is 9.59 Å². The molecule has 2 aliphatic heterocycles. The van der Waals surface area contributed by atoms with Gasteiger partial charge in [-0.3, -0.25) is 14.5 Å². The third-order valence-electron chi connectivity index (χ3n) is 6.67. The van der Waals surface area contributed by atoms with Crippen molar-refractivity contribution in [3.8, 4) is 0 Å². The van der Waals surface area contributed by atoms with Gasteiger partial charge in [-0.25, -0.2) is 0 Å². The lowest BCUT2D eigenvalue weighted by molar-refractivity contribution is -0.119. The molecule has 1 unspecified atom stereocenters. The van der Waals surface area contributed by atoms with Crippen LogP contribution in [0.2, 0.25) is 0 Å². The quantitative estimate of drug-likeness (QED) is 0.578. The Bertz CT molecular complexity index is 1090. The highest BCUT2D eigenvalue weighted by Crippen LogP contribution is 2.25. The summed E-state index contributed by atoms with van der Waals surface area (Å²) in [6, 6.07) is 22.0. The molecule has 1 aromatic heterocycles. The van der Waals surface area contributed by atoms with Crippen molar-refractivity contribution in [3.63, 3.8) is 0 Å². The molecule has 34 heavy (non-hydrogen) atoms. The molecule has 2 aliphatic rings. The van der Waals surface area contributed by atoms with Crippen LogP contribution in [-0.4, -0.2) is 60.4 Å². The first-order valence-corrected chi connectivity index (χ1v) is 12.8. The largest absolute Gasteiger partial charge is 0.369 e. The molecule has 6 nitrogen and oxygen atoms in total. The van der Waals surface area contributed by atoms with Crippen LogP contribution in [0.5, 0.6) is 0 Å². The highest BCUT2D eigenvalue weighted by atomic mass is 32.1. The van der Waals surface area contributed by atoms with Gasteiger partial charge < -0.3 is 15.1 Å². The summed E-state index contributed by atoms with van der Waals surface area (Å²) >= 11 is 1.42. The van der Waals surface area contributed by atoms with Gasteiger partial charge >= 0.3 is 0 Å². The molecule has 3 heterocycles. The number of thiophene rings is 1. The summed E-state index contributed by atoms with van der Waals surface area (Å²) < 4.78 is 0. The second kappa shape index (κ2) is 10.4. The fraction of sp³-hybridized carbons (Fsp3) is 0.333. The summed E-state index contributed by atoms with van der Waals surface area (Å²) in [5.41, 5.74) is 3.30. The number of anilines is 2. The van der Waals surface area contributed by atoms with Gasteiger partial charge in [0, 0.05) is 50.6 Å². The van der Waals surface area contributed by atoms with Crippen molar-refractivity contribution >= 4 is 34.5 Å². The lowest BCUT2D eigenvalue weighted by atomic mass is 10.1. The molecule has 7 heteroatoms. The van der Waals surface area contributed by atoms with Crippen LogP contribution in [-0.2, 0) is 11.3 Å². The molecule has 2 saturated heterocycles. The van der Waals surface area contributed by atoms with Gasteiger partial charge in [0.05, 0.1) is 4.88 Å². The number of nitrogens with one attached hydrogen (secondary N) is 1. The molecule has 0 radical (unpaired) electrons. The second-order valence-electron chi connectivity index (χ2n) is 8.92. The molecule has 0 spiro atoms. The third kappa shape index (κ3) is 5.16. The maximum Gasteiger partial charge on any atom is 0.264 e. The number of rotatable bonds is 6. The fourth-order valence-corrected chi connectivity index (χ4v) is 5.49. The zero-order valence-electron chi connectivity index (χ0n) is 19.2. The normalized spacial score (nSPS) is 18.8. The van der Waals surface area contributed by atoms with E-state index in [2.05, 4.69) is 57.6 Å². The molecule has 0 aliphatic carbocycles. The molecule has 0 saturated carbocycles. The lowest BCUT2D eigenvalue weighted by Gasteiger charge is -2.36. The van der Waals surface area contributed by atoms with E-state index in [4.69, 9.17) is 0 Å². The van der Waals surface area contributed by atoms with Gasteiger partial charge in [-0.05, 0) is 54.1 Å². The molecule has 176 valence electrons. The van der Waals surface area contributed by atoms with Crippen LogP contribution >= 0.6 is 11.3 Å². The Balaban J connectivity index is 1.14. The number of piperazine rings is 1. The van der Waals surface area contributed by atoms with Crippen molar-refractivity contribution in [1.29, 1.82) is 0 Å². The number of hydrogen-bond acceptors (Lipinski definition) is 5. The van der Waals surface area contributed by atoms with E-state index in [1.807, 2.05) is 29.6 Å². The lowest BCUT2D eigenvalue weighted by Crippen LogP contribution is -2.46. The monoisotopic (exact) mass is 474 g/mol. The summed E-state index contributed by atoms with van der Waals surface area (Å²) in [4.78, 5) is 33.0. The first-order chi connectivity index (χ1) is 16.7. The van der Waals surface area contributed by atoms with Crippen molar-refractivity contribution in [2.75, 3.05) is 42.9 Å². The summed E-state index contributed by atoms with van der Waals surface area (Å²) in [6.07, 6.45) is 1.55. The average Bonchev–Trinajstić information content (AvgIpc) is 3.58. The number of carbonyl (C=O) groups excluding carboxylic acids is 2. The first kappa shape index (κ1) is 22.6. The van der Waals surface area contributed by atoms with E-state index >= 15 is 0 Å². The SMILES string of the molecule is O=C(Nc1ccc(N2CCN(Cc3ccccc3)CC2)cc1)C1CCCN1C(=O)c1cccs1. The van der Waals surface area contributed by atoms with E-state index in [0.29, 0.717) is 17.8 Å². The van der Waals surface area contributed by atoms with E-state index in [-0.39, 0.29) is 11.8 Å². The summed E-state index contributed by atoms with van der Waals surface area (Å²) in [7, 11) is 0. The van der Waals surface area contributed by atoms with Crippen molar-refractivity contribution in [1.82, 2.24) is 9.80 Å². The van der Waals surface area contributed by atoms with Gasteiger partial charge in [0.1, 0.15) is 6.04 Å². The molecule has 2 aromatic carbocycles. The molecular weight excluding hydrogens is 444 g/mol. The molecule has 2 fully saturated rings.